The number of benzene rings is 1. The molecule has 4 rings (SSSR count). The summed E-state index contributed by atoms with van der Waals surface area (Å²) in [6, 6.07) is 3.37. The van der Waals surface area contributed by atoms with Gasteiger partial charge in [-0.1, -0.05) is 17.7 Å². The van der Waals surface area contributed by atoms with Gasteiger partial charge >= 0.3 is 6.03 Å². The highest BCUT2D eigenvalue weighted by Crippen LogP contribution is 2.23. The molecule has 1 fully saturated rings. The molecule has 0 bridgehead atoms. The molecule has 0 saturated carbocycles. The Kier molecular flexibility index (Phi) is 7.07. The van der Waals surface area contributed by atoms with Crippen molar-refractivity contribution in [2.75, 3.05) is 25.1 Å². The molecule has 1 aromatic carbocycles. The van der Waals surface area contributed by atoms with Crippen molar-refractivity contribution >= 4 is 23.6 Å². The molecule has 0 radical (unpaired) electrons. The van der Waals surface area contributed by atoms with E-state index in [-0.39, 0.29) is 29.8 Å². The summed E-state index contributed by atoms with van der Waals surface area (Å²) < 4.78 is 19.4. The number of urea groups is 1. The Labute approximate surface area is 191 Å². The summed E-state index contributed by atoms with van der Waals surface area (Å²) in [5, 5.41) is 15.9. The maximum Gasteiger partial charge on any atom is 0.318 e. The summed E-state index contributed by atoms with van der Waals surface area (Å²) in [5.74, 6) is -0.0469. The normalized spacial score (nSPS) is 21.6. The Morgan fingerprint density at radius 3 is 3.06 bits per heavy atom. The number of ether oxygens (including phenoxy) is 1. The molecule has 2 aliphatic heterocycles. The molecular formula is C22H27ClFN5O3. The molecule has 1 aromatic heterocycles. The van der Waals surface area contributed by atoms with Gasteiger partial charge in [0.05, 0.1) is 36.0 Å². The average molecular weight is 464 g/mol. The highest BCUT2D eigenvalue weighted by molar-refractivity contribution is 6.30. The number of aliphatic hydroxyl groups is 1. The van der Waals surface area contributed by atoms with Crippen molar-refractivity contribution in [3.8, 4) is 0 Å². The molecule has 0 aliphatic carbocycles. The summed E-state index contributed by atoms with van der Waals surface area (Å²) >= 11 is 5.73. The number of carbonyl (C=O) groups is 1. The van der Waals surface area contributed by atoms with E-state index in [4.69, 9.17) is 16.3 Å². The van der Waals surface area contributed by atoms with E-state index in [1.54, 1.807) is 11.0 Å². The summed E-state index contributed by atoms with van der Waals surface area (Å²) in [6.07, 6.45) is 4.44. The zero-order valence-corrected chi connectivity index (χ0v) is 18.6. The van der Waals surface area contributed by atoms with Gasteiger partial charge in [-0.25, -0.2) is 19.2 Å². The van der Waals surface area contributed by atoms with Gasteiger partial charge in [0.2, 0.25) is 5.95 Å². The minimum atomic E-state index is -0.742. The molecule has 10 heteroatoms. The number of hydrogen-bond donors (Lipinski definition) is 3. The number of amides is 2. The number of aromatic nitrogens is 2. The van der Waals surface area contributed by atoms with Gasteiger partial charge in [-0.3, -0.25) is 0 Å². The van der Waals surface area contributed by atoms with Gasteiger partial charge in [-0.2, -0.15) is 0 Å². The molecular weight excluding hydrogens is 437 g/mol. The lowest BCUT2D eigenvalue weighted by Gasteiger charge is -2.31. The van der Waals surface area contributed by atoms with Gasteiger partial charge in [-0.15, -0.1) is 0 Å². The monoisotopic (exact) mass is 463 g/mol. The van der Waals surface area contributed by atoms with Crippen LogP contribution in [0.4, 0.5) is 15.1 Å². The van der Waals surface area contributed by atoms with Crippen molar-refractivity contribution in [1.29, 1.82) is 0 Å². The molecule has 32 heavy (non-hydrogen) atoms. The standard InChI is InChI=1S/C22H27ClFN5O3/c1-13-8-16(5-7-32-13)26-21-25-10-15-4-6-29(11-19(15)27-21)22(31)28-20(12-30)14-2-3-17(23)18(24)9-14/h2-3,9-10,13,16,20,30H,4-8,11-12H2,1H3,(H,28,31)(H,25,26,27)/t13-,16?,20+/m0/s1. The molecule has 3 heterocycles. The van der Waals surface area contributed by atoms with Gasteiger partial charge < -0.3 is 25.4 Å². The van der Waals surface area contributed by atoms with Crippen LogP contribution >= 0.6 is 11.6 Å². The van der Waals surface area contributed by atoms with Gasteiger partial charge in [0.25, 0.3) is 0 Å². The molecule has 0 spiro atoms. The van der Waals surface area contributed by atoms with E-state index < -0.39 is 11.9 Å². The molecule has 8 nitrogen and oxygen atoms in total. The maximum atomic E-state index is 13.8. The third-order valence-corrected chi connectivity index (χ3v) is 6.18. The van der Waals surface area contributed by atoms with E-state index in [0.29, 0.717) is 37.6 Å². The van der Waals surface area contributed by atoms with Gasteiger partial charge in [0.1, 0.15) is 5.82 Å². The molecule has 3 atom stereocenters. The molecule has 2 amide bonds. The van der Waals surface area contributed by atoms with Crippen LogP contribution in [-0.2, 0) is 17.7 Å². The fraction of sp³-hybridized carbons (Fsp3) is 0.500. The number of nitrogens with one attached hydrogen (secondary N) is 2. The first-order valence-electron chi connectivity index (χ1n) is 10.8. The molecule has 1 saturated heterocycles. The fourth-order valence-electron chi connectivity index (χ4n) is 4.06. The predicted octanol–water partition coefficient (Wildman–Crippen LogP) is 3.05. The number of nitrogens with zero attached hydrogens (tertiary/aromatic N) is 3. The molecule has 2 aliphatic rings. The van der Waals surface area contributed by atoms with Gasteiger partial charge in [0, 0.05) is 25.4 Å². The van der Waals surface area contributed by atoms with E-state index in [9.17, 15) is 14.3 Å². The lowest BCUT2D eigenvalue weighted by atomic mass is 10.0. The number of aliphatic hydroxyl groups excluding tert-OH is 1. The molecule has 1 unspecified atom stereocenters. The summed E-state index contributed by atoms with van der Waals surface area (Å²) in [7, 11) is 0. The Balaban J connectivity index is 1.41. The molecule has 172 valence electrons. The van der Waals surface area contributed by atoms with Crippen LogP contribution in [0.3, 0.4) is 0 Å². The Morgan fingerprint density at radius 1 is 1.47 bits per heavy atom. The second kappa shape index (κ2) is 9.97. The number of hydrogen-bond acceptors (Lipinski definition) is 6. The first-order chi connectivity index (χ1) is 15.4. The zero-order valence-electron chi connectivity index (χ0n) is 17.9. The van der Waals surface area contributed by atoms with E-state index in [0.717, 1.165) is 24.1 Å². The topological polar surface area (TPSA) is 99.6 Å². The Morgan fingerprint density at radius 2 is 2.31 bits per heavy atom. The van der Waals surface area contributed by atoms with Crippen LogP contribution < -0.4 is 10.6 Å². The lowest BCUT2D eigenvalue weighted by molar-refractivity contribution is 0.0231. The minimum Gasteiger partial charge on any atom is -0.394 e. The van der Waals surface area contributed by atoms with Crippen LogP contribution in [0.5, 0.6) is 0 Å². The second-order valence-corrected chi connectivity index (χ2v) is 8.65. The number of carbonyl (C=O) groups excluding carboxylic acids is 1. The smallest absolute Gasteiger partial charge is 0.318 e. The van der Waals surface area contributed by atoms with Crippen LogP contribution in [0.25, 0.3) is 0 Å². The van der Waals surface area contributed by atoms with E-state index >= 15 is 0 Å². The second-order valence-electron chi connectivity index (χ2n) is 8.24. The zero-order chi connectivity index (χ0) is 22.7. The van der Waals surface area contributed by atoms with Crippen molar-refractivity contribution in [2.45, 2.75) is 50.9 Å². The van der Waals surface area contributed by atoms with E-state index in [1.807, 2.05) is 6.20 Å². The first kappa shape index (κ1) is 22.7. The summed E-state index contributed by atoms with van der Waals surface area (Å²) in [4.78, 5) is 23.6. The van der Waals surface area contributed by atoms with Gasteiger partial charge in [0.15, 0.2) is 0 Å². The number of fused-ring (bicyclic) bond motifs is 1. The lowest BCUT2D eigenvalue weighted by Crippen LogP contribution is -2.45. The highest BCUT2D eigenvalue weighted by Gasteiger charge is 2.26. The number of halogens is 2. The third-order valence-electron chi connectivity index (χ3n) is 5.88. The third kappa shape index (κ3) is 5.28. The summed E-state index contributed by atoms with van der Waals surface area (Å²) in [6.45, 7) is 3.23. The van der Waals surface area contributed by atoms with Crippen molar-refractivity contribution in [3.05, 3.63) is 52.1 Å². The van der Waals surface area contributed by atoms with Crippen LogP contribution in [-0.4, -0.2) is 57.9 Å². The fourth-order valence-corrected chi connectivity index (χ4v) is 4.18. The van der Waals surface area contributed by atoms with Crippen LogP contribution in [0, 0.1) is 5.82 Å². The number of rotatable bonds is 5. The van der Waals surface area contributed by atoms with Gasteiger partial charge in [-0.05, 0) is 49.4 Å². The molecule has 2 aromatic rings. The molecule has 3 N–H and O–H groups in total. The van der Waals surface area contributed by atoms with E-state index in [2.05, 4.69) is 27.5 Å². The summed E-state index contributed by atoms with van der Waals surface area (Å²) in [5.41, 5.74) is 2.25. The van der Waals surface area contributed by atoms with E-state index in [1.165, 1.54) is 12.1 Å². The predicted molar refractivity (Wildman–Crippen MR) is 118 cm³/mol. The van der Waals surface area contributed by atoms with Crippen molar-refractivity contribution in [2.24, 2.45) is 0 Å². The van der Waals surface area contributed by atoms with Crippen molar-refractivity contribution in [1.82, 2.24) is 20.2 Å². The minimum absolute atomic E-state index is 0.0105. The Hall–Kier alpha value is -2.49. The largest absolute Gasteiger partial charge is 0.394 e. The van der Waals surface area contributed by atoms with Crippen LogP contribution in [0.1, 0.15) is 42.6 Å². The maximum absolute atomic E-state index is 13.8. The first-order valence-corrected chi connectivity index (χ1v) is 11.1. The van der Waals surface area contributed by atoms with Crippen LogP contribution in [0.2, 0.25) is 5.02 Å². The quantitative estimate of drug-likeness (QED) is 0.630. The SMILES string of the molecule is C[C@H]1CC(Nc2ncc3c(n2)CN(C(=O)N[C@H](CO)c2ccc(Cl)c(F)c2)CC3)CCO1. The van der Waals surface area contributed by atoms with Crippen LogP contribution in [0.15, 0.2) is 24.4 Å². The Bertz CT molecular complexity index is 979. The number of anilines is 1. The van der Waals surface area contributed by atoms with Crippen molar-refractivity contribution in [3.63, 3.8) is 0 Å². The average Bonchev–Trinajstić information content (AvgIpc) is 2.78. The highest BCUT2D eigenvalue weighted by atomic mass is 35.5. The van der Waals surface area contributed by atoms with Crippen molar-refractivity contribution < 1.29 is 19.0 Å².